The van der Waals surface area contributed by atoms with Crippen LogP contribution in [-0.4, -0.2) is 5.91 Å². The summed E-state index contributed by atoms with van der Waals surface area (Å²) in [4.78, 5) is 10.7. The largest absolute Gasteiger partial charge is 1.00 e. The van der Waals surface area contributed by atoms with Gasteiger partial charge in [-0.1, -0.05) is 61.0 Å². The van der Waals surface area contributed by atoms with Crippen LogP contribution in [0.1, 0.15) is 48.8 Å². The number of anilines is 1. The van der Waals surface area contributed by atoms with Crippen LogP contribution in [0.2, 0.25) is 0 Å². The topological polar surface area (TPSA) is 29.1 Å². The fourth-order valence-electron chi connectivity index (χ4n) is 2.29. The van der Waals surface area contributed by atoms with Crippen LogP contribution in [0.25, 0.3) is 0 Å². The Hall–Kier alpha value is -1.62. The maximum absolute atomic E-state index is 10.7. The summed E-state index contributed by atoms with van der Waals surface area (Å²) in [7, 11) is 0. The van der Waals surface area contributed by atoms with E-state index < -0.39 is 0 Å². The van der Waals surface area contributed by atoms with Gasteiger partial charge in [0.25, 0.3) is 0 Å². The fourth-order valence-corrected chi connectivity index (χ4v) is 2.29. The number of hydrogen-bond acceptors (Lipinski definition) is 1. The third-order valence-corrected chi connectivity index (χ3v) is 3.57. The Morgan fingerprint density at radius 3 is 1.89 bits per heavy atom. The summed E-state index contributed by atoms with van der Waals surface area (Å²) < 4.78 is 0. The summed E-state index contributed by atoms with van der Waals surface area (Å²) in [6.45, 7) is 20.5. The summed E-state index contributed by atoms with van der Waals surface area (Å²) in [6.07, 6.45) is 3.03. The van der Waals surface area contributed by atoms with Crippen LogP contribution in [0.4, 0.5) is 5.69 Å². The molecule has 0 saturated heterocycles. The molecule has 27 heavy (non-hydrogen) atoms. The molecule has 0 aliphatic rings. The minimum atomic E-state index is -0.271. The molecule has 1 amide bonds. The fraction of sp³-hybridized carbons (Fsp3) is 0.292. The van der Waals surface area contributed by atoms with Gasteiger partial charge in [-0.2, -0.15) is 12.8 Å². The van der Waals surface area contributed by atoms with Gasteiger partial charge in [0.1, 0.15) is 0 Å². The molecule has 0 aliphatic heterocycles. The van der Waals surface area contributed by atoms with Crippen LogP contribution < -0.4 is 24.2 Å². The first kappa shape index (κ1) is 27.6. The third-order valence-electron chi connectivity index (χ3n) is 3.57. The average Bonchev–Trinajstić information content (AvgIpc) is 2.60. The number of aryl methyl sites for hydroxylation is 2. The SMILES string of the molecule is [CH2-]C(=O)Nc1c(C)cccc1C.[CH2-]CC.[CH2-]CCC([CH2-])c1ccccc1.[Li+]. The summed E-state index contributed by atoms with van der Waals surface area (Å²) in [5.41, 5.74) is 4.31. The van der Waals surface area contributed by atoms with Gasteiger partial charge in [-0.3, -0.25) is 0 Å². The maximum atomic E-state index is 10.7. The zero-order valence-corrected chi connectivity index (χ0v) is 17.6. The monoisotopic (exact) mass is 358 g/mol. The van der Waals surface area contributed by atoms with Gasteiger partial charge in [0.15, 0.2) is 0 Å². The van der Waals surface area contributed by atoms with E-state index in [9.17, 15) is 4.79 Å². The van der Waals surface area contributed by atoms with Crippen molar-refractivity contribution in [2.45, 2.75) is 46.0 Å². The van der Waals surface area contributed by atoms with Crippen molar-refractivity contribution >= 4 is 11.6 Å². The molecule has 0 fully saturated rings. The van der Waals surface area contributed by atoms with E-state index in [1.54, 1.807) is 0 Å². The van der Waals surface area contributed by atoms with Crippen LogP contribution >= 0.6 is 0 Å². The van der Waals surface area contributed by atoms with Crippen LogP contribution in [-0.2, 0) is 4.79 Å². The van der Waals surface area contributed by atoms with E-state index in [-0.39, 0.29) is 24.8 Å². The van der Waals surface area contributed by atoms with E-state index in [1.165, 1.54) is 5.56 Å². The molecule has 0 aromatic heterocycles. The number of rotatable bonds is 4. The van der Waals surface area contributed by atoms with Crippen molar-refractivity contribution in [3.8, 4) is 0 Å². The molecule has 2 aromatic rings. The number of hydrogen-bond donors (Lipinski definition) is 1. The van der Waals surface area contributed by atoms with Crippen LogP contribution in [0.5, 0.6) is 0 Å². The van der Waals surface area contributed by atoms with E-state index in [0.29, 0.717) is 5.92 Å². The van der Waals surface area contributed by atoms with Gasteiger partial charge in [0.2, 0.25) is 0 Å². The normalized spacial score (nSPS) is 10.1. The Bertz CT molecular complexity index is 605. The molecular weight excluding hydrogens is 325 g/mol. The molecular formula is C24H33LiNO-3. The number of carbonyl (C=O) groups excluding carboxylic acids is 1. The molecule has 1 N–H and O–H groups in total. The summed E-state index contributed by atoms with van der Waals surface area (Å²) >= 11 is 0. The van der Waals surface area contributed by atoms with Crippen LogP contribution in [0.3, 0.4) is 0 Å². The minimum absolute atomic E-state index is 0. The predicted molar refractivity (Wildman–Crippen MR) is 115 cm³/mol. The quantitative estimate of drug-likeness (QED) is 0.657. The maximum Gasteiger partial charge on any atom is 1.00 e. The smallest absolute Gasteiger partial charge is 0.351 e. The van der Waals surface area contributed by atoms with Gasteiger partial charge in [0.05, 0.1) is 5.91 Å². The standard InChI is InChI=1S/C11H14.C10H12NO.C3H7.Li/c1-3-7-10(2)11-8-5-4-6-9-11;1-7-5-4-6-8(2)10(7)11-9(3)12;1-3-2;/h4-6,8-10H,1-3,7H2;4-6H,3H2,1-2H3,(H,11,12);1,3H2,2H3;/q-2;2*-1;+1. The van der Waals surface area contributed by atoms with Gasteiger partial charge in [0, 0.05) is 5.69 Å². The first-order valence-electron chi connectivity index (χ1n) is 9.02. The van der Waals surface area contributed by atoms with Gasteiger partial charge < -0.3 is 37.8 Å². The Kier molecular flexibility index (Phi) is 16.9. The first-order chi connectivity index (χ1) is 12.4. The second-order valence-electron chi connectivity index (χ2n) is 6.06. The van der Waals surface area contributed by atoms with E-state index in [4.69, 9.17) is 0 Å². The number of carbonyl (C=O) groups is 1. The zero-order chi connectivity index (χ0) is 19.9. The Morgan fingerprint density at radius 2 is 1.48 bits per heavy atom. The third kappa shape index (κ3) is 12.4. The van der Waals surface area contributed by atoms with Crippen molar-refractivity contribution in [2.75, 3.05) is 5.32 Å². The van der Waals surface area contributed by atoms with Crippen LogP contribution in [0.15, 0.2) is 48.5 Å². The molecule has 3 heteroatoms. The molecule has 0 radical (unpaired) electrons. The molecule has 0 saturated carbocycles. The summed E-state index contributed by atoms with van der Waals surface area (Å²) in [5.74, 6) is 0.140. The molecule has 2 rings (SSSR count). The molecule has 0 bridgehead atoms. The van der Waals surface area contributed by atoms with Crippen molar-refractivity contribution in [1.82, 2.24) is 0 Å². The van der Waals surface area contributed by atoms with E-state index in [1.807, 2.05) is 45.0 Å². The van der Waals surface area contributed by atoms with E-state index >= 15 is 0 Å². The van der Waals surface area contributed by atoms with Crippen molar-refractivity contribution in [2.24, 2.45) is 0 Å². The molecule has 2 aromatic carbocycles. The van der Waals surface area contributed by atoms with E-state index in [2.05, 4.69) is 57.3 Å². The molecule has 144 valence electrons. The van der Waals surface area contributed by atoms with Crippen molar-refractivity contribution in [3.63, 3.8) is 0 Å². The second kappa shape index (κ2) is 16.5. The molecule has 2 nitrogen and oxygen atoms in total. The summed E-state index contributed by atoms with van der Waals surface area (Å²) in [5, 5.41) is 2.69. The average molecular weight is 358 g/mol. The van der Waals surface area contributed by atoms with Crippen molar-refractivity contribution in [3.05, 3.63) is 92.9 Å². The second-order valence-corrected chi connectivity index (χ2v) is 6.06. The van der Waals surface area contributed by atoms with Gasteiger partial charge in [-0.05, 0) is 25.0 Å². The van der Waals surface area contributed by atoms with Crippen LogP contribution in [0, 0.1) is 41.5 Å². The molecule has 1 atom stereocenters. The predicted octanol–water partition coefficient (Wildman–Crippen LogP) is 3.53. The zero-order valence-electron chi connectivity index (χ0n) is 17.6. The molecule has 0 spiro atoms. The minimum Gasteiger partial charge on any atom is -0.351 e. The molecule has 1 unspecified atom stereocenters. The number of nitrogens with one attached hydrogen (secondary N) is 1. The van der Waals surface area contributed by atoms with E-state index in [0.717, 1.165) is 36.1 Å². The van der Waals surface area contributed by atoms with Crippen molar-refractivity contribution < 1.29 is 23.7 Å². The van der Waals surface area contributed by atoms with Crippen molar-refractivity contribution in [1.29, 1.82) is 0 Å². The number of amides is 1. The number of para-hydroxylation sites is 1. The van der Waals surface area contributed by atoms with Gasteiger partial charge >= 0.3 is 18.9 Å². The summed E-state index contributed by atoms with van der Waals surface area (Å²) in [6, 6.07) is 16.2. The molecule has 0 aliphatic carbocycles. The number of benzene rings is 2. The Labute approximate surface area is 179 Å². The Morgan fingerprint density at radius 1 is 1.00 bits per heavy atom. The first-order valence-corrected chi connectivity index (χ1v) is 9.02. The van der Waals surface area contributed by atoms with Gasteiger partial charge in [-0.25, -0.2) is 0 Å². The molecule has 0 heterocycles. The van der Waals surface area contributed by atoms with Gasteiger partial charge in [-0.15, -0.1) is 12.3 Å². The Balaban J connectivity index is 0.